The van der Waals surface area contributed by atoms with Crippen molar-refractivity contribution in [2.24, 2.45) is 0 Å². The fraction of sp³-hybridized carbons (Fsp3) is 0.0714. The molecule has 4 heteroatoms. The molecule has 0 atom stereocenters. The molecule has 2 aromatic rings. The predicted molar refractivity (Wildman–Crippen MR) is 75.6 cm³/mol. The van der Waals surface area contributed by atoms with Gasteiger partial charge in [-0.3, -0.25) is 4.79 Å². The van der Waals surface area contributed by atoms with Gasteiger partial charge in [-0.2, -0.15) is 0 Å². The van der Waals surface area contributed by atoms with Crippen LogP contribution in [0.25, 0.3) is 0 Å². The molecule has 0 spiro atoms. The first-order chi connectivity index (χ1) is 8.58. The molecule has 2 nitrogen and oxygen atoms in total. The van der Waals surface area contributed by atoms with Gasteiger partial charge in [-0.1, -0.05) is 41.4 Å². The van der Waals surface area contributed by atoms with Gasteiger partial charge in [-0.05, 0) is 36.8 Å². The number of aryl methyl sites for hydroxylation is 1. The third kappa shape index (κ3) is 2.84. The lowest BCUT2D eigenvalue weighted by Gasteiger charge is -2.09. The summed E-state index contributed by atoms with van der Waals surface area (Å²) in [5, 5.41) is 3.74. The first kappa shape index (κ1) is 12.9. The summed E-state index contributed by atoms with van der Waals surface area (Å²) in [4.78, 5) is 12.1. The van der Waals surface area contributed by atoms with Gasteiger partial charge in [0.25, 0.3) is 5.91 Å². The lowest BCUT2D eigenvalue weighted by molar-refractivity contribution is 0.102. The molecular weight excluding hydrogens is 269 g/mol. The lowest BCUT2D eigenvalue weighted by atomic mass is 10.1. The molecule has 0 aliphatic rings. The highest BCUT2D eigenvalue weighted by Gasteiger charge is 2.10. The third-order valence-electron chi connectivity index (χ3n) is 2.57. The van der Waals surface area contributed by atoms with E-state index in [4.69, 9.17) is 23.2 Å². The van der Waals surface area contributed by atoms with Crippen molar-refractivity contribution in [3.05, 3.63) is 63.6 Å². The zero-order valence-electron chi connectivity index (χ0n) is 9.71. The normalized spacial score (nSPS) is 10.2. The predicted octanol–water partition coefficient (Wildman–Crippen LogP) is 4.55. The Hall–Kier alpha value is -1.51. The first-order valence-electron chi connectivity index (χ1n) is 5.40. The number of hydrogen-bond donors (Lipinski definition) is 1. The molecule has 0 radical (unpaired) electrons. The Balaban J connectivity index is 2.27. The first-order valence-corrected chi connectivity index (χ1v) is 6.15. The Morgan fingerprint density at radius 2 is 1.83 bits per heavy atom. The van der Waals surface area contributed by atoms with Crippen molar-refractivity contribution >= 4 is 34.8 Å². The second-order valence-electron chi connectivity index (χ2n) is 3.89. The molecule has 0 bridgehead atoms. The molecule has 0 saturated heterocycles. The molecule has 0 fully saturated rings. The van der Waals surface area contributed by atoms with Gasteiger partial charge >= 0.3 is 0 Å². The maximum atomic E-state index is 12.1. The number of benzene rings is 2. The van der Waals surface area contributed by atoms with Crippen LogP contribution in [0.2, 0.25) is 10.0 Å². The molecule has 0 aromatic heterocycles. The standard InChI is InChI=1S/C14H11Cl2NO/c1-9-4-2-3-5-11(9)14(18)17-13-8-10(15)6-7-12(13)16/h2-8H,1H3,(H,17,18). The van der Waals surface area contributed by atoms with Gasteiger partial charge in [0, 0.05) is 10.6 Å². The Morgan fingerprint density at radius 1 is 1.11 bits per heavy atom. The lowest BCUT2D eigenvalue weighted by Crippen LogP contribution is -2.13. The van der Waals surface area contributed by atoms with Crippen LogP contribution in [0.3, 0.4) is 0 Å². The van der Waals surface area contributed by atoms with Gasteiger partial charge in [0.15, 0.2) is 0 Å². The van der Waals surface area contributed by atoms with Crippen molar-refractivity contribution in [1.82, 2.24) is 0 Å². The van der Waals surface area contributed by atoms with Crippen LogP contribution in [0.15, 0.2) is 42.5 Å². The monoisotopic (exact) mass is 279 g/mol. The molecule has 0 aliphatic carbocycles. The van der Waals surface area contributed by atoms with Crippen LogP contribution in [0.1, 0.15) is 15.9 Å². The second kappa shape index (κ2) is 5.42. The van der Waals surface area contributed by atoms with E-state index in [9.17, 15) is 4.79 Å². The summed E-state index contributed by atoms with van der Waals surface area (Å²) in [7, 11) is 0. The van der Waals surface area contributed by atoms with Gasteiger partial charge in [-0.25, -0.2) is 0 Å². The van der Waals surface area contributed by atoms with Crippen LogP contribution in [-0.2, 0) is 0 Å². The van der Waals surface area contributed by atoms with Crippen molar-refractivity contribution in [2.75, 3.05) is 5.32 Å². The van der Waals surface area contributed by atoms with Gasteiger partial charge < -0.3 is 5.32 Å². The van der Waals surface area contributed by atoms with Crippen LogP contribution in [0.5, 0.6) is 0 Å². The average Bonchev–Trinajstić information content (AvgIpc) is 2.34. The highest BCUT2D eigenvalue weighted by molar-refractivity contribution is 6.35. The fourth-order valence-electron chi connectivity index (χ4n) is 1.61. The van der Waals surface area contributed by atoms with Crippen molar-refractivity contribution in [1.29, 1.82) is 0 Å². The van der Waals surface area contributed by atoms with E-state index in [2.05, 4.69) is 5.32 Å². The SMILES string of the molecule is Cc1ccccc1C(=O)Nc1cc(Cl)ccc1Cl. The number of rotatable bonds is 2. The molecule has 92 valence electrons. The van der Waals surface area contributed by atoms with E-state index in [-0.39, 0.29) is 5.91 Å². The molecule has 1 amide bonds. The topological polar surface area (TPSA) is 29.1 Å². The molecule has 0 unspecified atom stereocenters. The number of anilines is 1. The minimum atomic E-state index is -0.197. The number of halogens is 2. The largest absolute Gasteiger partial charge is 0.321 e. The summed E-state index contributed by atoms with van der Waals surface area (Å²) in [6.45, 7) is 1.88. The molecule has 18 heavy (non-hydrogen) atoms. The van der Waals surface area contributed by atoms with E-state index < -0.39 is 0 Å². The van der Waals surface area contributed by atoms with Gasteiger partial charge in [0.1, 0.15) is 0 Å². The maximum absolute atomic E-state index is 12.1. The highest BCUT2D eigenvalue weighted by Crippen LogP contribution is 2.26. The maximum Gasteiger partial charge on any atom is 0.255 e. The van der Waals surface area contributed by atoms with Crippen molar-refractivity contribution in [3.63, 3.8) is 0 Å². The van der Waals surface area contributed by atoms with Crippen molar-refractivity contribution < 1.29 is 4.79 Å². The summed E-state index contributed by atoms with van der Waals surface area (Å²) in [6.07, 6.45) is 0. The van der Waals surface area contributed by atoms with Crippen LogP contribution < -0.4 is 5.32 Å². The Bertz CT molecular complexity index is 596. The highest BCUT2D eigenvalue weighted by atomic mass is 35.5. The second-order valence-corrected chi connectivity index (χ2v) is 4.74. The fourth-order valence-corrected chi connectivity index (χ4v) is 1.95. The van der Waals surface area contributed by atoms with E-state index in [0.717, 1.165) is 5.56 Å². The molecule has 1 N–H and O–H groups in total. The minimum absolute atomic E-state index is 0.197. The number of carbonyl (C=O) groups is 1. The quantitative estimate of drug-likeness (QED) is 0.858. The van der Waals surface area contributed by atoms with Crippen LogP contribution in [-0.4, -0.2) is 5.91 Å². The summed E-state index contributed by atoms with van der Waals surface area (Å²) < 4.78 is 0. The zero-order chi connectivity index (χ0) is 13.1. The van der Waals surface area contributed by atoms with Crippen LogP contribution in [0.4, 0.5) is 5.69 Å². The van der Waals surface area contributed by atoms with Crippen LogP contribution in [0, 0.1) is 6.92 Å². The molecule has 0 saturated carbocycles. The van der Waals surface area contributed by atoms with E-state index >= 15 is 0 Å². The van der Waals surface area contributed by atoms with E-state index in [1.807, 2.05) is 25.1 Å². The molecule has 2 aromatic carbocycles. The van der Waals surface area contributed by atoms with Crippen molar-refractivity contribution in [2.45, 2.75) is 6.92 Å². The number of carbonyl (C=O) groups excluding carboxylic acids is 1. The summed E-state index contributed by atoms with van der Waals surface area (Å²) in [5.41, 5.74) is 2.04. The Kier molecular flexibility index (Phi) is 3.90. The van der Waals surface area contributed by atoms with Crippen molar-refractivity contribution in [3.8, 4) is 0 Å². The Labute approximate surface area is 116 Å². The van der Waals surface area contributed by atoms with E-state index in [1.165, 1.54) is 0 Å². The third-order valence-corrected chi connectivity index (χ3v) is 3.13. The number of hydrogen-bond acceptors (Lipinski definition) is 1. The summed E-state index contributed by atoms with van der Waals surface area (Å²) in [5.74, 6) is -0.197. The van der Waals surface area contributed by atoms with E-state index in [0.29, 0.717) is 21.3 Å². The zero-order valence-corrected chi connectivity index (χ0v) is 11.2. The van der Waals surface area contributed by atoms with E-state index in [1.54, 1.807) is 24.3 Å². The number of amides is 1. The summed E-state index contributed by atoms with van der Waals surface area (Å²) in [6, 6.07) is 12.3. The number of nitrogens with one attached hydrogen (secondary N) is 1. The molecule has 0 heterocycles. The smallest absolute Gasteiger partial charge is 0.255 e. The molecule has 0 aliphatic heterocycles. The molecular formula is C14H11Cl2NO. The van der Waals surface area contributed by atoms with Gasteiger partial charge in [0.2, 0.25) is 0 Å². The van der Waals surface area contributed by atoms with Gasteiger partial charge in [-0.15, -0.1) is 0 Å². The molecule has 2 rings (SSSR count). The average molecular weight is 280 g/mol. The Morgan fingerprint density at radius 3 is 2.56 bits per heavy atom. The minimum Gasteiger partial charge on any atom is -0.321 e. The van der Waals surface area contributed by atoms with Gasteiger partial charge in [0.05, 0.1) is 10.7 Å². The summed E-state index contributed by atoms with van der Waals surface area (Å²) >= 11 is 11.9. The van der Waals surface area contributed by atoms with Crippen LogP contribution >= 0.6 is 23.2 Å².